The maximum atomic E-state index is 12.3. The van der Waals surface area contributed by atoms with Gasteiger partial charge in [-0.3, -0.25) is 9.59 Å². The molecule has 0 saturated carbocycles. The Morgan fingerprint density at radius 3 is 2.78 bits per heavy atom. The molecule has 3 rings (SSSR count). The van der Waals surface area contributed by atoms with E-state index in [9.17, 15) is 9.59 Å². The number of anilines is 1. The molecule has 0 atom stereocenters. The Balaban J connectivity index is 1.61. The highest BCUT2D eigenvalue weighted by Gasteiger charge is 2.10. The minimum absolute atomic E-state index is 0.164. The second-order valence-corrected chi connectivity index (χ2v) is 7.44. The molecule has 0 unspecified atom stereocenters. The first-order valence-corrected chi connectivity index (χ1v) is 9.68. The molecule has 0 bridgehead atoms. The van der Waals surface area contributed by atoms with Gasteiger partial charge in [0, 0.05) is 27.2 Å². The topological polar surface area (TPSA) is 94.3 Å². The summed E-state index contributed by atoms with van der Waals surface area (Å²) in [7, 11) is 0. The first-order chi connectivity index (χ1) is 13.0. The molecule has 3 N–H and O–H groups in total. The number of aromatic nitrogens is 1. The number of thiazole rings is 1. The Morgan fingerprint density at radius 2 is 2.00 bits per heavy atom. The highest BCUT2D eigenvalue weighted by atomic mass is 79.9. The van der Waals surface area contributed by atoms with E-state index in [1.807, 2.05) is 29.6 Å². The van der Waals surface area contributed by atoms with Crippen molar-refractivity contribution in [2.24, 2.45) is 5.73 Å². The van der Waals surface area contributed by atoms with Crippen LogP contribution in [0.1, 0.15) is 5.69 Å². The van der Waals surface area contributed by atoms with Crippen LogP contribution in [0.3, 0.4) is 0 Å². The van der Waals surface area contributed by atoms with Crippen LogP contribution in [0.5, 0.6) is 5.75 Å². The van der Waals surface area contributed by atoms with Gasteiger partial charge in [-0.05, 0) is 24.3 Å². The Labute approximate surface area is 168 Å². The maximum Gasteiger partial charge on any atom is 0.255 e. The minimum atomic E-state index is -0.561. The van der Waals surface area contributed by atoms with E-state index in [1.165, 1.54) is 11.3 Å². The zero-order valence-electron chi connectivity index (χ0n) is 14.1. The van der Waals surface area contributed by atoms with Gasteiger partial charge in [0.1, 0.15) is 10.8 Å². The van der Waals surface area contributed by atoms with Crippen LogP contribution in [0.2, 0.25) is 0 Å². The fourth-order valence-electron chi connectivity index (χ4n) is 2.33. The van der Waals surface area contributed by atoms with Gasteiger partial charge in [-0.1, -0.05) is 34.1 Å². The van der Waals surface area contributed by atoms with Crippen molar-refractivity contribution in [1.82, 2.24) is 4.98 Å². The third-order valence-corrected chi connectivity index (χ3v) is 4.90. The number of nitrogens with one attached hydrogen (secondary N) is 1. The van der Waals surface area contributed by atoms with Crippen molar-refractivity contribution in [3.8, 4) is 16.3 Å². The van der Waals surface area contributed by atoms with Crippen molar-refractivity contribution >= 4 is 44.8 Å². The van der Waals surface area contributed by atoms with Crippen LogP contribution in [0.25, 0.3) is 10.6 Å². The number of rotatable bonds is 7. The fourth-order valence-corrected chi connectivity index (χ4v) is 3.55. The second kappa shape index (κ2) is 8.79. The van der Waals surface area contributed by atoms with Gasteiger partial charge in [0.25, 0.3) is 5.91 Å². The predicted octanol–water partition coefficient (Wildman–Crippen LogP) is 3.62. The predicted molar refractivity (Wildman–Crippen MR) is 109 cm³/mol. The van der Waals surface area contributed by atoms with Gasteiger partial charge in [0.2, 0.25) is 5.91 Å². The Morgan fingerprint density at radius 1 is 1.19 bits per heavy atom. The number of hydrogen-bond acceptors (Lipinski definition) is 5. The average molecular weight is 446 g/mol. The van der Waals surface area contributed by atoms with Crippen molar-refractivity contribution in [2.45, 2.75) is 6.42 Å². The molecule has 8 heteroatoms. The normalized spacial score (nSPS) is 10.4. The van der Waals surface area contributed by atoms with E-state index in [-0.39, 0.29) is 18.9 Å². The summed E-state index contributed by atoms with van der Waals surface area (Å²) in [6.45, 7) is -0.214. The zero-order chi connectivity index (χ0) is 19.2. The van der Waals surface area contributed by atoms with Gasteiger partial charge in [0.05, 0.1) is 12.1 Å². The lowest BCUT2D eigenvalue weighted by Crippen LogP contribution is -2.20. The quantitative estimate of drug-likeness (QED) is 0.580. The van der Waals surface area contributed by atoms with E-state index in [4.69, 9.17) is 10.5 Å². The standard InChI is InChI=1S/C19H16BrN3O3S/c20-13-4-1-3-12(7-13)19-23-15(11-27-19)9-18(25)22-14-5-2-6-16(8-14)26-10-17(21)24/h1-8,11H,9-10H2,(H2,21,24)(H,22,25). The summed E-state index contributed by atoms with van der Waals surface area (Å²) in [6.07, 6.45) is 0.164. The first-order valence-electron chi connectivity index (χ1n) is 8.01. The number of nitrogens with two attached hydrogens (primary N) is 1. The molecule has 0 spiro atoms. The van der Waals surface area contributed by atoms with Gasteiger partial charge in [-0.25, -0.2) is 4.98 Å². The van der Waals surface area contributed by atoms with E-state index in [0.717, 1.165) is 15.0 Å². The monoisotopic (exact) mass is 445 g/mol. The Bertz CT molecular complexity index is 974. The van der Waals surface area contributed by atoms with E-state index in [0.29, 0.717) is 17.1 Å². The number of ether oxygens (including phenoxy) is 1. The third kappa shape index (κ3) is 5.63. The summed E-state index contributed by atoms with van der Waals surface area (Å²) in [6, 6.07) is 14.6. The lowest BCUT2D eigenvalue weighted by atomic mass is 10.2. The van der Waals surface area contributed by atoms with Gasteiger partial charge in [0.15, 0.2) is 6.61 Å². The second-order valence-electron chi connectivity index (χ2n) is 5.66. The van der Waals surface area contributed by atoms with Gasteiger partial charge < -0.3 is 15.8 Å². The van der Waals surface area contributed by atoms with Crippen LogP contribution in [0.15, 0.2) is 58.4 Å². The van der Waals surface area contributed by atoms with Crippen LogP contribution >= 0.6 is 27.3 Å². The lowest BCUT2D eigenvalue weighted by Gasteiger charge is -2.07. The van der Waals surface area contributed by atoms with Crippen LogP contribution in [0.4, 0.5) is 5.69 Å². The molecule has 0 aliphatic heterocycles. The van der Waals surface area contributed by atoms with Crippen LogP contribution < -0.4 is 15.8 Å². The van der Waals surface area contributed by atoms with Crippen molar-refractivity contribution in [2.75, 3.05) is 11.9 Å². The van der Waals surface area contributed by atoms with E-state index in [2.05, 4.69) is 26.2 Å². The van der Waals surface area contributed by atoms with Crippen molar-refractivity contribution in [3.05, 3.63) is 64.1 Å². The smallest absolute Gasteiger partial charge is 0.255 e. The molecule has 3 aromatic rings. The van der Waals surface area contributed by atoms with Crippen LogP contribution in [-0.2, 0) is 16.0 Å². The van der Waals surface area contributed by atoms with Gasteiger partial charge in [-0.15, -0.1) is 11.3 Å². The molecular formula is C19H16BrN3O3S. The highest BCUT2D eigenvalue weighted by molar-refractivity contribution is 9.10. The average Bonchev–Trinajstić information content (AvgIpc) is 3.08. The molecule has 2 amide bonds. The van der Waals surface area contributed by atoms with Crippen molar-refractivity contribution in [1.29, 1.82) is 0 Å². The molecular weight excluding hydrogens is 430 g/mol. The molecule has 0 radical (unpaired) electrons. The molecule has 27 heavy (non-hydrogen) atoms. The largest absolute Gasteiger partial charge is 0.484 e. The number of hydrogen-bond donors (Lipinski definition) is 2. The molecule has 0 fully saturated rings. The molecule has 6 nitrogen and oxygen atoms in total. The van der Waals surface area contributed by atoms with Gasteiger partial charge >= 0.3 is 0 Å². The number of halogens is 1. The molecule has 138 valence electrons. The summed E-state index contributed by atoms with van der Waals surface area (Å²) >= 11 is 4.94. The summed E-state index contributed by atoms with van der Waals surface area (Å²) in [5.74, 6) is -0.292. The summed E-state index contributed by atoms with van der Waals surface area (Å²) in [5, 5.41) is 5.54. The Kier molecular flexibility index (Phi) is 6.20. The van der Waals surface area contributed by atoms with E-state index < -0.39 is 5.91 Å². The number of carbonyl (C=O) groups excluding carboxylic acids is 2. The Hall–Kier alpha value is -2.71. The molecule has 2 aromatic carbocycles. The van der Waals surface area contributed by atoms with Crippen LogP contribution in [0, 0.1) is 0 Å². The minimum Gasteiger partial charge on any atom is -0.484 e. The van der Waals surface area contributed by atoms with Crippen molar-refractivity contribution < 1.29 is 14.3 Å². The number of carbonyl (C=O) groups is 2. The van der Waals surface area contributed by atoms with Crippen LogP contribution in [-0.4, -0.2) is 23.4 Å². The number of benzene rings is 2. The summed E-state index contributed by atoms with van der Waals surface area (Å²) in [5.41, 5.74) is 7.33. The maximum absolute atomic E-state index is 12.3. The molecule has 1 aromatic heterocycles. The lowest BCUT2D eigenvalue weighted by molar-refractivity contribution is -0.120. The molecule has 0 aliphatic rings. The van der Waals surface area contributed by atoms with E-state index >= 15 is 0 Å². The summed E-state index contributed by atoms with van der Waals surface area (Å²) in [4.78, 5) is 27.6. The van der Waals surface area contributed by atoms with Crippen molar-refractivity contribution in [3.63, 3.8) is 0 Å². The van der Waals surface area contributed by atoms with E-state index in [1.54, 1.807) is 24.3 Å². The SMILES string of the molecule is NC(=O)COc1cccc(NC(=O)Cc2csc(-c3cccc(Br)c3)n2)c1. The first kappa shape index (κ1) is 19.1. The number of nitrogens with zero attached hydrogens (tertiary/aromatic N) is 1. The molecule has 0 aliphatic carbocycles. The third-order valence-electron chi connectivity index (χ3n) is 3.46. The zero-order valence-corrected chi connectivity index (χ0v) is 16.5. The number of amides is 2. The highest BCUT2D eigenvalue weighted by Crippen LogP contribution is 2.26. The number of primary amides is 1. The molecule has 1 heterocycles. The molecule has 0 saturated heterocycles. The summed E-state index contributed by atoms with van der Waals surface area (Å²) < 4.78 is 6.21. The fraction of sp³-hybridized carbons (Fsp3) is 0.105. The van der Waals surface area contributed by atoms with Gasteiger partial charge in [-0.2, -0.15) is 0 Å².